The third-order valence-corrected chi connectivity index (χ3v) is 6.73. The molecule has 2 aromatic carbocycles. The summed E-state index contributed by atoms with van der Waals surface area (Å²) in [6.07, 6.45) is 3.08. The fraction of sp³-hybridized carbons (Fsp3) is 0.208. The van der Waals surface area contributed by atoms with Crippen LogP contribution in [0.25, 0.3) is 16.8 Å². The third kappa shape index (κ3) is 4.59. The number of nitrogens with one attached hydrogen (secondary N) is 2. The van der Waals surface area contributed by atoms with Crippen molar-refractivity contribution in [3.05, 3.63) is 82.4 Å². The molecule has 0 unspecified atom stereocenters. The lowest BCUT2D eigenvalue weighted by Gasteiger charge is -2.21. The second-order valence-corrected chi connectivity index (χ2v) is 10.6. The van der Waals surface area contributed by atoms with Gasteiger partial charge in [0.25, 0.3) is 5.56 Å². The van der Waals surface area contributed by atoms with Crippen molar-refractivity contribution in [2.24, 2.45) is 0 Å². The number of halogens is 2. The van der Waals surface area contributed by atoms with Gasteiger partial charge in [0, 0.05) is 29.6 Å². The van der Waals surface area contributed by atoms with E-state index in [-0.39, 0.29) is 22.0 Å². The molecule has 0 aliphatic rings. The van der Waals surface area contributed by atoms with Crippen LogP contribution in [0.5, 0.6) is 11.5 Å². The molecule has 0 radical (unpaired) electrons. The summed E-state index contributed by atoms with van der Waals surface area (Å²) in [5, 5.41) is 0. The van der Waals surface area contributed by atoms with Crippen LogP contribution in [0, 0.1) is 18.6 Å². The van der Waals surface area contributed by atoms with Crippen LogP contribution in [-0.2, 0) is 10.0 Å². The number of fused-ring (bicyclic) bond motifs is 1. The Balaban J connectivity index is 1.95. The van der Waals surface area contributed by atoms with Gasteiger partial charge in [-0.3, -0.25) is 4.79 Å². The molecule has 0 bridgehead atoms. The number of H-pyrrole nitrogens is 1. The number of hydrogen-bond acceptors (Lipinski definition) is 4. The van der Waals surface area contributed by atoms with Gasteiger partial charge in [-0.25, -0.2) is 21.9 Å². The highest BCUT2D eigenvalue weighted by molar-refractivity contribution is 7.89. The maximum absolute atomic E-state index is 14.3. The minimum atomic E-state index is -3.91. The number of ether oxygens (including phenoxy) is 1. The lowest BCUT2D eigenvalue weighted by atomic mass is 10.1. The fourth-order valence-electron chi connectivity index (χ4n) is 3.66. The summed E-state index contributed by atoms with van der Waals surface area (Å²) in [6, 6.07) is 8.74. The summed E-state index contributed by atoms with van der Waals surface area (Å²) in [6.45, 7) is 6.90. The second kappa shape index (κ2) is 8.37. The van der Waals surface area contributed by atoms with Gasteiger partial charge in [-0.2, -0.15) is 0 Å². The SMILES string of the molecule is Cc1cc(-c2cc(S(=O)(=O)NC(C)(C)C)ccc2Oc2ccc(F)cc2F)n2cc[nH]c(=O)c12. The number of sulfonamides is 1. The largest absolute Gasteiger partial charge is 0.454 e. The van der Waals surface area contributed by atoms with E-state index >= 15 is 0 Å². The molecule has 2 N–H and O–H groups in total. The number of hydrogen-bond donors (Lipinski definition) is 2. The molecular formula is C24H23F2N3O4S. The average molecular weight is 488 g/mol. The average Bonchev–Trinajstić information content (AvgIpc) is 3.06. The lowest BCUT2D eigenvalue weighted by Crippen LogP contribution is -2.40. The van der Waals surface area contributed by atoms with Crippen molar-refractivity contribution in [2.75, 3.05) is 0 Å². The van der Waals surface area contributed by atoms with Gasteiger partial charge in [0.15, 0.2) is 11.6 Å². The van der Waals surface area contributed by atoms with E-state index in [1.807, 2.05) is 0 Å². The highest BCUT2D eigenvalue weighted by Gasteiger charge is 2.25. The number of aromatic amines is 1. The monoisotopic (exact) mass is 487 g/mol. The Hall–Kier alpha value is -3.50. The molecule has 4 aromatic rings. The summed E-state index contributed by atoms with van der Waals surface area (Å²) in [5.41, 5.74) is 0.737. The van der Waals surface area contributed by atoms with E-state index in [1.165, 1.54) is 24.4 Å². The number of aromatic nitrogens is 2. The number of rotatable bonds is 5. The first-order valence-corrected chi connectivity index (χ1v) is 11.8. The fourth-order valence-corrected chi connectivity index (χ4v) is 5.11. The molecule has 0 fully saturated rings. The summed E-state index contributed by atoms with van der Waals surface area (Å²) >= 11 is 0. The smallest absolute Gasteiger partial charge is 0.272 e. The Kier molecular flexibility index (Phi) is 5.82. The molecule has 0 spiro atoms. The topological polar surface area (TPSA) is 92.7 Å². The maximum Gasteiger partial charge on any atom is 0.272 e. The number of aryl methyl sites for hydroxylation is 1. The predicted octanol–water partition coefficient (Wildman–Crippen LogP) is 4.75. The quantitative estimate of drug-likeness (QED) is 0.425. The molecule has 10 heteroatoms. The van der Waals surface area contributed by atoms with Crippen LogP contribution in [0.3, 0.4) is 0 Å². The van der Waals surface area contributed by atoms with Gasteiger partial charge in [0.2, 0.25) is 10.0 Å². The van der Waals surface area contributed by atoms with E-state index < -0.39 is 27.2 Å². The number of benzene rings is 2. The van der Waals surface area contributed by atoms with Crippen molar-refractivity contribution in [2.45, 2.75) is 38.1 Å². The normalized spacial score (nSPS) is 12.3. The molecule has 0 atom stereocenters. The molecule has 0 saturated carbocycles. The third-order valence-electron chi connectivity index (χ3n) is 4.97. The van der Waals surface area contributed by atoms with E-state index in [4.69, 9.17) is 4.74 Å². The van der Waals surface area contributed by atoms with E-state index in [2.05, 4.69) is 9.71 Å². The van der Waals surface area contributed by atoms with E-state index in [0.717, 1.165) is 12.1 Å². The Labute approximate surface area is 195 Å². The standard InChI is InChI=1S/C24H23F2N3O4S/c1-14-11-19(29-10-9-27-23(30)22(14)29)17-13-16(34(31,32)28-24(2,3)4)6-8-20(17)33-21-7-5-15(25)12-18(21)26/h5-13,28H,1-4H3,(H,27,30). The first kappa shape index (κ1) is 23.7. The molecule has 0 aliphatic heterocycles. The summed E-state index contributed by atoms with van der Waals surface area (Å²) in [7, 11) is -3.91. The van der Waals surface area contributed by atoms with Crippen molar-refractivity contribution in [1.29, 1.82) is 0 Å². The molecule has 34 heavy (non-hydrogen) atoms. The molecule has 2 heterocycles. The Bertz CT molecular complexity index is 1570. The van der Waals surface area contributed by atoms with Crippen LogP contribution in [-0.4, -0.2) is 23.3 Å². The minimum Gasteiger partial charge on any atom is -0.454 e. The van der Waals surface area contributed by atoms with Gasteiger partial charge in [-0.1, -0.05) is 0 Å². The van der Waals surface area contributed by atoms with Crippen LogP contribution in [0.2, 0.25) is 0 Å². The van der Waals surface area contributed by atoms with Crippen molar-refractivity contribution >= 4 is 15.5 Å². The van der Waals surface area contributed by atoms with E-state index in [1.54, 1.807) is 44.4 Å². The molecular weight excluding hydrogens is 464 g/mol. The molecule has 178 valence electrons. The maximum atomic E-state index is 14.3. The summed E-state index contributed by atoms with van der Waals surface area (Å²) in [4.78, 5) is 15.0. The second-order valence-electron chi connectivity index (χ2n) is 8.91. The van der Waals surface area contributed by atoms with Crippen molar-refractivity contribution in [3.8, 4) is 22.8 Å². The zero-order valence-corrected chi connectivity index (χ0v) is 19.8. The molecule has 0 saturated heterocycles. The lowest BCUT2D eigenvalue weighted by molar-refractivity contribution is 0.438. The van der Waals surface area contributed by atoms with Crippen molar-refractivity contribution in [3.63, 3.8) is 0 Å². The van der Waals surface area contributed by atoms with Gasteiger partial charge in [-0.05, 0) is 69.7 Å². The zero-order chi connectivity index (χ0) is 24.8. The van der Waals surface area contributed by atoms with Crippen molar-refractivity contribution in [1.82, 2.24) is 14.1 Å². The Morgan fingerprint density at radius 1 is 1.03 bits per heavy atom. The zero-order valence-electron chi connectivity index (χ0n) is 18.9. The number of nitrogens with zero attached hydrogens (tertiary/aromatic N) is 1. The Morgan fingerprint density at radius 2 is 1.74 bits per heavy atom. The van der Waals surface area contributed by atoms with Gasteiger partial charge in [0.05, 0.1) is 10.6 Å². The predicted molar refractivity (Wildman–Crippen MR) is 125 cm³/mol. The van der Waals surface area contributed by atoms with Crippen LogP contribution >= 0.6 is 0 Å². The Morgan fingerprint density at radius 3 is 2.41 bits per heavy atom. The summed E-state index contributed by atoms with van der Waals surface area (Å²) in [5.74, 6) is -1.78. The van der Waals surface area contributed by atoms with Gasteiger partial charge in [0.1, 0.15) is 17.1 Å². The first-order valence-electron chi connectivity index (χ1n) is 10.4. The van der Waals surface area contributed by atoms with E-state index in [0.29, 0.717) is 28.4 Å². The van der Waals surface area contributed by atoms with Gasteiger partial charge >= 0.3 is 0 Å². The molecule has 7 nitrogen and oxygen atoms in total. The van der Waals surface area contributed by atoms with E-state index in [9.17, 15) is 22.0 Å². The molecule has 0 amide bonds. The van der Waals surface area contributed by atoms with Crippen LogP contribution in [0.15, 0.2) is 64.5 Å². The van der Waals surface area contributed by atoms with Crippen LogP contribution < -0.4 is 15.0 Å². The highest BCUT2D eigenvalue weighted by atomic mass is 32.2. The summed E-state index contributed by atoms with van der Waals surface area (Å²) < 4.78 is 63.6. The minimum absolute atomic E-state index is 0.0400. The van der Waals surface area contributed by atoms with Crippen LogP contribution in [0.1, 0.15) is 26.3 Å². The highest BCUT2D eigenvalue weighted by Crippen LogP contribution is 2.37. The first-order chi connectivity index (χ1) is 15.9. The molecule has 0 aliphatic carbocycles. The molecule has 4 rings (SSSR count). The molecule has 2 aromatic heterocycles. The van der Waals surface area contributed by atoms with Crippen LogP contribution in [0.4, 0.5) is 8.78 Å². The van der Waals surface area contributed by atoms with Gasteiger partial charge < -0.3 is 14.1 Å². The van der Waals surface area contributed by atoms with Crippen molar-refractivity contribution < 1.29 is 21.9 Å². The van der Waals surface area contributed by atoms with Gasteiger partial charge in [-0.15, -0.1) is 0 Å².